The van der Waals surface area contributed by atoms with E-state index in [0.29, 0.717) is 35.0 Å². The van der Waals surface area contributed by atoms with Gasteiger partial charge in [-0.05, 0) is 165 Å². The van der Waals surface area contributed by atoms with Gasteiger partial charge in [0.15, 0.2) is 0 Å². The Hall–Kier alpha value is -2.51. The van der Waals surface area contributed by atoms with Crippen LogP contribution in [0.2, 0.25) is 10.0 Å². The van der Waals surface area contributed by atoms with Crippen LogP contribution in [0.25, 0.3) is 0 Å². The standard InChI is InChI=1S/C23H38ClN3O3S.C19H30ClN3O2/c1-21(2,3)30-20(28)27-15-16(14-23(27,7)8)9-10-18(26-31(29)22(4,5)6)19-13-17(24)11-12-25-19;1-18(2,3)25-17(24)23-12-13(11-19(23,4)5)6-7-15(21)16-10-14(20)8-9-22-16/h11-13,16,18,26H,9-10,14-15H2,1-8H3;8-10,13,15H,6-7,11-12,21H2,1-5H3/t16-,18?,31?;13-,15?/m00/s1. The fourth-order valence-corrected chi connectivity index (χ4v) is 8.40. The number of amides is 2. The van der Waals surface area contributed by atoms with E-state index in [0.717, 1.165) is 49.9 Å². The minimum Gasteiger partial charge on any atom is -0.444 e. The SMILES string of the molecule is CC(C)(C)OC(=O)N1C[C@@H](CCC(N)c2cc(Cl)ccn2)CC1(C)C.CC(C)(C)OC(=O)N1C[C@@H](CCC(NS(=O)C(C)(C)C)c2cc(Cl)ccn2)CC1(C)C. The Morgan fingerprint density at radius 1 is 0.804 bits per heavy atom. The number of halogens is 2. The molecule has 0 saturated carbocycles. The molecular weight excluding hydrogens is 771 g/mol. The van der Waals surface area contributed by atoms with Crippen LogP contribution in [0.1, 0.15) is 152 Å². The summed E-state index contributed by atoms with van der Waals surface area (Å²) in [5.41, 5.74) is 6.39. The van der Waals surface area contributed by atoms with Gasteiger partial charge in [0.25, 0.3) is 0 Å². The summed E-state index contributed by atoms with van der Waals surface area (Å²) in [4.78, 5) is 37.6. The second-order valence-corrected chi connectivity index (χ2v) is 22.4. The second kappa shape index (κ2) is 19.0. The fraction of sp³-hybridized carbons (Fsp3) is 0.714. The number of aromatic nitrogens is 2. The largest absolute Gasteiger partial charge is 0.444 e. The molecule has 2 saturated heterocycles. The molecule has 4 rings (SSSR count). The van der Waals surface area contributed by atoms with Crippen molar-refractivity contribution in [1.82, 2.24) is 24.5 Å². The van der Waals surface area contributed by atoms with Gasteiger partial charge in [-0.15, -0.1) is 0 Å². The van der Waals surface area contributed by atoms with Gasteiger partial charge in [0.05, 0.1) is 33.2 Å². The summed E-state index contributed by atoms with van der Waals surface area (Å²) in [5, 5.41) is 1.26. The maximum Gasteiger partial charge on any atom is 0.410 e. The maximum absolute atomic E-state index is 12.8. The first-order valence-corrected chi connectivity index (χ1v) is 21.6. The van der Waals surface area contributed by atoms with E-state index in [1.165, 1.54) is 0 Å². The van der Waals surface area contributed by atoms with Crippen LogP contribution in [0.5, 0.6) is 0 Å². The van der Waals surface area contributed by atoms with Crippen molar-refractivity contribution in [2.75, 3.05) is 13.1 Å². The summed E-state index contributed by atoms with van der Waals surface area (Å²) in [6.07, 6.45) is 8.07. The van der Waals surface area contributed by atoms with Gasteiger partial charge in [-0.1, -0.05) is 23.2 Å². The van der Waals surface area contributed by atoms with Gasteiger partial charge >= 0.3 is 12.2 Å². The average molecular weight is 840 g/mol. The summed E-state index contributed by atoms with van der Waals surface area (Å²) in [5.74, 6) is 0.738. The highest BCUT2D eigenvalue weighted by Gasteiger charge is 2.44. The summed E-state index contributed by atoms with van der Waals surface area (Å²) in [6.45, 7) is 26.9. The highest BCUT2D eigenvalue weighted by atomic mass is 35.5. The average Bonchev–Trinajstić information content (AvgIpc) is 3.53. The molecule has 316 valence electrons. The third-order valence-electron chi connectivity index (χ3n) is 9.93. The highest BCUT2D eigenvalue weighted by molar-refractivity contribution is 7.84. The minimum atomic E-state index is -1.24. The third-order valence-corrected chi connectivity index (χ3v) is 12.0. The number of hydrogen-bond donors (Lipinski definition) is 2. The number of pyridine rings is 2. The molecule has 3 N–H and O–H groups in total. The number of rotatable bonds is 10. The predicted molar refractivity (Wildman–Crippen MR) is 228 cm³/mol. The Bertz CT molecular complexity index is 1650. The lowest BCUT2D eigenvalue weighted by atomic mass is 9.91. The lowest BCUT2D eigenvalue weighted by molar-refractivity contribution is 0.0118. The van der Waals surface area contributed by atoms with E-state index in [1.807, 2.05) is 84.2 Å². The second-order valence-electron chi connectivity index (χ2n) is 19.6. The van der Waals surface area contributed by atoms with E-state index in [2.05, 4.69) is 42.4 Å². The Kier molecular flexibility index (Phi) is 16.3. The molecule has 5 atom stereocenters. The maximum atomic E-state index is 12.8. The van der Waals surface area contributed by atoms with Crippen molar-refractivity contribution >= 4 is 46.4 Å². The predicted octanol–water partition coefficient (Wildman–Crippen LogP) is 10.2. The first kappa shape index (κ1) is 47.9. The Morgan fingerprint density at radius 2 is 1.21 bits per heavy atom. The van der Waals surface area contributed by atoms with Crippen LogP contribution in [0.4, 0.5) is 9.59 Å². The fourth-order valence-electron chi connectivity index (χ4n) is 7.21. The molecule has 2 aromatic heterocycles. The van der Waals surface area contributed by atoms with Gasteiger partial charge in [-0.3, -0.25) is 9.97 Å². The molecule has 0 aliphatic carbocycles. The molecule has 14 heteroatoms. The molecular formula is C42H68Cl2N6O5S. The van der Waals surface area contributed by atoms with Crippen LogP contribution in [0, 0.1) is 11.8 Å². The van der Waals surface area contributed by atoms with E-state index in [4.69, 9.17) is 38.4 Å². The van der Waals surface area contributed by atoms with Gasteiger partial charge in [0, 0.05) is 52.6 Å². The third kappa shape index (κ3) is 15.0. The lowest BCUT2D eigenvalue weighted by Crippen LogP contribution is -2.45. The summed E-state index contributed by atoms with van der Waals surface area (Å²) < 4.78 is 26.8. The zero-order valence-corrected chi connectivity index (χ0v) is 38.3. The quantitative estimate of drug-likeness (QED) is 0.241. The molecule has 4 heterocycles. The Labute approximate surface area is 349 Å². The lowest BCUT2D eigenvalue weighted by Gasteiger charge is -2.33. The van der Waals surface area contributed by atoms with Crippen LogP contribution >= 0.6 is 23.2 Å². The summed E-state index contributed by atoms with van der Waals surface area (Å²) >= 11 is 12.2. The van der Waals surface area contributed by atoms with E-state index >= 15 is 0 Å². The molecule has 2 fully saturated rings. The molecule has 0 spiro atoms. The number of nitrogens with zero attached hydrogens (tertiary/aromatic N) is 4. The Balaban J connectivity index is 0.000000307. The van der Waals surface area contributed by atoms with E-state index in [9.17, 15) is 13.8 Å². The van der Waals surface area contributed by atoms with Crippen LogP contribution in [0.15, 0.2) is 36.7 Å². The molecule has 0 bridgehead atoms. The number of hydrogen-bond acceptors (Lipinski definition) is 8. The van der Waals surface area contributed by atoms with Crippen LogP contribution < -0.4 is 10.5 Å². The van der Waals surface area contributed by atoms with Crippen molar-refractivity contribution in [2.45, 2.75) is 168 Å². The minimum absolute atomic E-state index is 0.141. The van der Waals surface area contributed by atoms with Crippen molar-refractivity contribution in [3.8, 4) is 0 Å². The topological polar surface area (TPSA) is 140 Å². The van der Waals surface area contributed by atoms with Crippen molar-refractivity contribution in [3.05, 3.63) is 58.1 Å². The first-order chi connectivity index (χ1) is 25.6. The first-order valence-electron chi connectivity index (χ1n) is 19.7. The zero-order valence-electron chi connectivity index (χ0n) is 36.0. The number of nitrogens with two attached hydrogens (primary N) is 1. The van der Waals surface area contributed by atoms with Crippen LogP contribution in [-0.4, -0.2) is 76.3 Å². The normalized spacial score (nSPS) is 21.1. The number of carbonyl (C=O) groups is 2. The number of carbonyl (C=O) groups excluding carboxylic acids is 2. The van der Waals surface area contributed by atoms with Crippen molar-refractivity contribution in [1.29, 1.82) is 0 Å². The zero-order chi connectivity index (χ0) is 42.4. The van der Waals surface area contributed by atoms with Gasteiger partial charge in [0.1, 0.15) is 11.2 Å². The Morgan fingerprint density at radius 3 is 1.62 bits per heavy atom. The molecule has 2 aliphatic rings. The number of nitrogens with one attached hydrogen (secondary N) is 1. The molecule has 56 heavy (non-hydrogen) atoms. The van der Waals surface area contributed by atoms with Gasteiger partial charge < -0.3 is 25.0 Å². The summed E-state index contributed by atoms with van der Waals surface area (Å²) in [6, 6.07) is 6.80. The van der Waals surface area contributed by atoms with E-state index in [-0.39, 0.29) is 40.1 Å². The van der Waals surface area contributed by atoms with Crippen molar-refractivity contribution in [3.63, 3.8) is 0 Å². The molecule has 2 aliphatic heterocycles. The van der Waals surface area contributed by atoms with E-state index in [1.54, 1.807) is 24.5 Å². The molecule has 3 unspecified atom stereocenters. The number of ether oxygens (including phenoxy) is 2. The van der Waals surface area contributed by atoms with Gasteiger partial charge in [-0.25, -0.2) is 18.5 Å². The van der Waals surface area contributed by atoms with Gasteiger partial charge in [-0.2, -0.15) is 0 Å². The molecule has 11 nitrogen and oxygen atoms in total. The highest BCUT2D eigenvalue weighted by Crippen LogP contribution is 2.39. The van der Waals surface area contributed by atoms with Gasteiger partial charge in [0.2, 0.25) is 0 Å². The molecule has 2 amide bonds. The smallest absolute Gasteiger partial charge is 0.410 e. The monoisotopic (exact) mass is 838 g/mol. The van der Waals surface area contributed by atoms with E-state index < -0.39 is 22.2 Å². The van der Waals surface area contributed by atoms with Crippen LogP contribution in [-0.2, 0) is 20.5 Å². The van der Waals surface area contributed by atoms with Crippen LogP contribution in [0.3, 0.4) is 0 Å². The molecule has 2 aromatic rings. The van der Waals surface area contributed by atoms with Crippen molar-refractivity contribution < 1.29 is 23.3 Å². The molecule has 0 radical (unpaired) electrons. The summed E-state index contributed by atoms with van der Waals surface area (Å²) in [7, 11) is -1.24. The number of likely N-dealkylation sites (tertiary alicyclic amines) is 2. The molecule has 0 aromatic carbocycles. The van der Waals surface area contributed by atoms with Crippen molar-refractivity contribution in [2.24, 2.45) is 17.6 Å².